The van der Waals surface area contributed by atoms with Gasteiger partial charge in [0.05, 0.1) is 5.69 Å². The number of imidazole rings is 1. The topological polar surface area (TPSA) is 95.3 Å². The van der Waals surface area contributed by atoms with Crippen molar-refractivity contribution in [2.45, 2.75) is 70.8 Å². The standard InChI is InChI=1S/C21H30N2O4/c24-19(25)15-9-2-1-8-14-18-20(26)22-21(27)23(18)16-10-4-7-13-17-11-5-3-6-12-17/h3,5-6,11-12,26H,1-2,4,7-10,13-16H2,(H,22,27)(H,24,25). The number of rotatable bonds is 13. The summed E-state index contributed by atoms with van der Waals surface area (Å²) < 4.78 is 1.65. The Labute approximate surface area is 159 Å². The number of aliphatic carboxylic acids is 1. The fraction of sp³-hybridized carbons (Fsp3) is 0.524. The van der Waals surface area contributed by atoms with Crippen molar-refractivity contribution in [2.24, 2.45) is 0 Å². The van der Waals surface area contributed by atoms with Crippen LogP contribution in [0.15, 0.2) is 35.1 Å². The zero-order valence-electron chi connectivity index (χ0n) is 15.8. The summed E-state index contributed by atoms with van der Waals surface area (Å²) in [6.45, 7) is 0.610. The predicted octanol–water partition coefficient (Wildman–Crippen LogP) is 3.87. The summed E-state index contributed by atoms with van der Waals surface area (Å²) in [7, 11) is 0. The van der Waals surface area contributed by atoms with Crippen molar-refractivity contribution in [1.29, 1.82) is 0 Å². The van der Waals surface area contributed by atoms with Crippen molar-refractivity contribution >= 4 is 5.97 Å². The number of nitrogens with zero attached hydrogens (tertiary/aromatic N) is 1. The zero-order chi connectivity index (χ0) is 19.5. The maximum absolute atomic E-state index is 12.0. The van der Waals surface area contributed by atoms with Crippen LogP contribution in [-0.2, 0) is 24.2 Å². The molecule has 0 saturated heterocycles. The Bertz CT molecular complexity index is 749. The number of H-pyrrole nitrogens is 1. The lowest BCUT2D eigenvalue weighted by atomic mass is 10.1. The van der Waals surface area contributed by atoms with E-state index in [9.17, 15) is 14.7 Å². The maximum atomic E-state index is 12.0. The van der Waals surface area contributed by atoms with E-state index in [1.165, 1.54) is 5.56 Å². The average molecular weight is 374 g/mol. The van der Waals surface area contributed by atoms with Gasteiger partial charge in [-0.25, -0.2) is 4.79 Å². The van der Waals surface area contributed by atoms with Gasteiger partial charge in [0.25, 0.3) is 0 Å². The molecular formula is C21H30N2O4. The van der Waals surface area contributed by atoms with Crippen molar-refractivity contribution in [3.8, 4) is 5.88 Å². The molecule has 2 rings (SSSR count). The van der Waals surface area contributed by atoms with Crippen LogP contribution in [0.4, 0.5) is 0 Å². The molecule has 0 fully saturated rings. The monoisotopic (exact) mass is 374 g/mol. The smallest absolute Gasteiger partial charge is 0.328 e. The normalized spacial score (nSPS) is 11.0. The number of aromatic hydroxyl groups is 1. The number of carboxylic acid groups (broad SMARTS) is 1. The molecular weight excluding hydrogens is 344 g/mol. The van der Waals surface area contributed by atoms with E-state index in [4.69, 9.17) is 5.11 Å². The van der Waals surface area contributed by atoms with Crippen LogP contribution in [0.5, 0.6) is 5.88 Å². The lowest BCUT2D eigenvalue weighted by molar-refractivity contribution is -0.137. The van der Waals surface area contributed by atoms with Gasteiger partial charge in [-0.05, 0) is 44.1 Å². The van der Waals surface area contributed by atoms with Crippen LogP contribution >= 0.6 is 0 Å². The quantitative estimate of drug-likeness (QED) is 0.464. The van der Waals surface area contributed by atoms with Crippen molar-refractivity contribution in [3.05, 3.63) is 52.1 Å². The zero-order valence-corrected chi connectivity index (χ0v) is 15.8. The van der Waals surface area contributed by atoms with E-state index in [1.807, 2.05) is 18.2 Å². The minimum Gasteiger partial charge on any atom is -0.493 e. The summed E-state index contributed by atoms with van der Waals surface area (Å²) in [5.74, 6) is -0.797. The van der Waals surface area contributed by atoms with Crippen LogP contribution in [0.1, 0.15) is 62.6 Å². The Hall–Kier alpha value is -2.50. The fourth-order valence-corrected chi connectivity index (χ4v) is 3.32. The van der Waals surface area contributed by atoms with E-state index in [0.717, 1.165) is 44.9 Å². The summed E-state index contributed by atoms with van der Waals surface area (Å²) in [5, 5.41) is 18.6. The second-order valence-corrected chi connectivity index (χ2v) is 6.98. The van der Waals surface area contributed by atoms with E-state index in [0.29, 0.717) is 25.1 Å². The first kappa shape index (κ1) is 20.8. The fourth-order valence-electron chi connectivity index (χ4n) is 3.32. The summed E-state index contributed by atoms with van der Waals surface area (Å²) in [4.78, 5) is 25.0. The van der Waals surface area contributed by atoms with Gasteiger partial charge >= 0.3 is 11.7 Å². The van der Waals surface area contributed by atoms with Gasteiger partial charge < -0.3 is 10.2 Å². The molecule has 0 aliphatic heterocycles. The summed E-state index contributed by atoms with van der Waals surface area (Å²) in [6.07, 6.45) is 8.11. The second kappa shape index (κ2) is 11.3. The Kier molecular flexibility index (Phi) is 8.68. The lowest BCUT2D eigenvalue weighted by Crippen LogP contribution is -2.19. The van der Waals surface area contributed by atoms with E-state index in [2.05, 4.69) is 17.1 Å². The third kappa shape index (κ3) is 7.33. The van der Waals surface area contributed by atoms with E-state index in [-0.39, 0.29) is 18.0 Å². The molecule has 0 amide bonds. The Morgan fingerprint density at radius 1 is 0.926 bits per heavy atom. The number of hydrogen-bond donors (Lipinski definition) is 3. The largest absolute Gasteiger partial charge is 0.493 e. The van der Waals surface area contributed by atoms with Crippen LogP contribution in [0.25, 0.3) is 0 Å². The van der Waals surface area contributed by atoms with Crippen LogP contribution in [0.3, 0.4) is 0 Å². The number of unbranched alkanes of at least 4 members (excludes halogenated alkanes) is 5. The molecule has 1 aromatic carbocycles. The first-order valence-electron chi connectivity index (χ1n) is 9.84. The summed E-state index contributed by atoms with van der Waals surface area (Å²) >= 11 is 0. The number of carbonyl (C=O) groups is 1. The molecule has 1 heterocycles. The highest BCUT2D eigenvalue weighted by atomic mass is 16.4. The minimum atomic E-state index is -0.764. The van der Waals surface area contributed by atoms with Gasteiger partial charge in [0.15, 0.2) is 0 Å². The number of aromatic nitrogens is 2. The molecule has 0 saturated carbocycles. The first-order valence-corrected chi connectivity index (χ1v) is 9.84. The Balaban J connectivity index is 1.72. The molecule has 0 aliphatic rings. The number of carboxylic acids is 1. The molecule has 6 nitrogen and oxygen atoms in total. The number of aromatic amines is 1. The van der Waals surface area contributed by atoms with Gasteiger partial charge in [-0.3, -0.25) is 14.3 Å². The third-order valence-electron chi connectivity index (χ3n) is 4.81. The van der Waals surface area contributed by atoms with Crippen molar-refractivity contribution < 1.29 is 15.0 Å². The number of hydrogen-bond acceptors (Lipinski definition) is 3. The Morgan fingerprint density at radius 3 is 2.33 bits per heavy atom. The minimum absolute atomic E-state index is 0.0326. The first-order chi connectivity index (χ1) is 13.1. The molecule has 3 N–H and O–H groups in total. The molecule has 27 heavy (non-hydrogen) atoms. The third-order valence-corrected chi connectivity index (χ3v) is 4.81. The van der Waals surface area contributed by atoms with E-state index >= 15 is 0 Å². The molecule has 0 aliphatic carbocycles. The highest BCUT2D eigenvalue weighted by Gasteiger charge is 2.12. The van der Waals surface area contributed by atoms with Crippen molar-refractivity contribution in [2.75, 3.05) is 0 Å². The second-order valence-electron chi connectivity index (χ2n) is 6.98. The van der Waals surface area contributed by atoms with Gasteiger partial charge in [-0.15, -0.1) is 0 Å². The number of aryl methyl sites for hydroxylation is 1. The molecule has 0 spiro atoms. The number of nitrogens with one attached hydrogen (secondary N) is 1. The maximum Gasteiger partial charge on any atom is 0.328 e. The van der Waals surface area contributed by atoms with Gasteiger partial charge in [-0.2, -0.15) is 0 Å². The number of benzene rings is 1. The predicted molar refractivity (Wildman–Crippen MR) is 105 cm³/mol. The molecule has 0 atom stereocenters. The van der Waals surface area contributed by atoms with Gasteiger partial charge in [0, 0.05) is 13.0 Å². The van der Waals surface area contributed by atoms with Crippen molar-refractivity contribution in [1.82, 2.24) is 9.55 Å². The lowest BCUT2D eigenvalue weighted by Gasteiger charge is -2.08. The Morgan fingerprint density at radius 2 is 1.59 bits per heavy atom. The van der Waals surface area contributed by atoms with Gasteiger partial charge in [-0.1, -0.05) is 49.6 Å². The molecule has 0 unspecified atom stereocenters. The summed E-state index contributed by atoms with van der Waals surface area (Å²) in [6, 6.07) is 10.4. The van der Waals surface area contributed by atoms with Crippen LogP contribution in [0.2, 0.25) is 0 Å². The molecule has 0 radical (unpaired) electrons. The molecule has 148 valence electrons. The van der Waals surface area contributed by atoms with Gasteiger partial charge in [0.1, 0.15) is 0 Å². The van der Waals surface area contributed by atoms with Gasteiger partial charge in [0.2, 0.25) is 5.88 Å². The van der Waals surface area contributed by atoms with Crippen molar-refractivity contribution in [3.63, 3.8) is 0 Å². The molecule has 6 heteroatoms. The molecule has 1 aromatic heterocycles. The van der Waals surface area contributed by atoms with E-state index < -0.39 is 5.97 Å². The highest BCUT2D eigenvalue weighted by molar-refractivity contribution is 5.66. The van der Waals surface area contributed by atoms with Crippen LogP contribution in [0, 0.1) is 0 Å². The summed E-state index contributed by atoms with van der Waals surface area (Å²) in [5.41, 5.74) is 1.75. The molecule has 2 aromatic rings. The van der Waals surface area contributed by atoms with Crippen LogP contribution in [-0.4, -0.2) is 25.7 Å². The SMILES string of the molecule is O=C(O)CCCCCCc1c(O)[nH]c(=O)n1CCCCCc1ccccc1. The van der Waals surface area contributed by atoms with E-state index in [1.54, 1.807) is 4.57 Å². The van der Waals surface area contributed by atoms with Crippen LogP contribution < -0.4 is 5.69 Å². The highest BCUT2D eigenvalue weighted by Crippen LogP contribution is 2.17. The molecule has 0 bridgehead atoms. The average Bonchev–Trinajstić information content (AvgIpc) is 2.91.